The number of aromatic amines is 1. The van der Waals surface area contributed by atoms with Crippen LogP contribution in [0.1, 0.15) is 60.6 Å². The number of amides is 1. The van der Waals surface area contributed by atoms with Crippen LogP contribution in [0.2, 0.25) is 0 Å². The van der Waals surface area contributed by atoms with Crippen molar-refractivity contribution in [1.29, 1.82) is 0 Å². The average Bonchev–Trinajstić information content (AvgIpc) is 3.32. The third-order valence-electron chi connectivity index (χ3n) is 6.25. The molecule has 0 bridgehead atoms. The van der Waals surface area contributed by atoms with Crippen LogP contribution in [0.15, 0.2) is 36.8 Å². The zero-order valence-corrected chi connectivity index (χ0v) is 16.4. The zero-order chi connectivity index (χ0) is 18.9. The molecule has 27 heavy (non-hydrogen) atoms. The van der Waals surface area contributed by atoms with Crippen LogP contribution in [0.5, 0.6) is 0 Å². The van der Waals surface area contributed by atoms with E-state index in [0.717, 1.165) is 39.1 Å². The Morgan fingerprint density at radius 3 is 2.70 bits per heavy atom. The van der Waals surface area contributed by atoms with Gasteiger partial charge < -0.3 is 9.88 Å². The normalized spacial score (nSPS) is 23.4. The molecule has 2 fully saturated rings. The predicted molar refractivity (Wildman–Crippen MR) is 107 cm³/mol. The Morgan fingerprint density at radius 2 is 2.00 bits per heavy atom. The Hall–Kier alpha value is -2.14. The number of imidazole rings is 1. The Labute approximate surface area is 161 Å². The Bertz CT molecular complexity index is 768. The van der Waals surface area contributed by atoms with Crippen molar-refractivity contribution < 1.29 is 4.79 Å². The molecule has 2 aliphatic heterocycles. The van der Waals surface area contributed by atoms with Crippen molar-refractivity contribution in [3.63, 3.8) is 0 Å². The minimum atomic E-state index is 0.0887. The van der Waals surface area contributed by atoms with Crippen LogP contribution in [0.25, 0.3) is 0 Å². The van der Waals surface area contributed by atoms with Crippen LogP contribution in [0, 0.1) is 5.41 Å². The van der Waals surface area contributed by atoms with Crippen molar-refractivity contribution in [3.05, 3.63) is 53.6 Å². The van der Waals surface area contributed by atoms with E-state index in [1.807, 2.05) is 4.90 Å². The third kappa shape index (κ3) is 3.93. The second kappa shape index (κ2) is 7.47. The number of nitrogens with zero attached hydrogens (tertiary/aromatic N) is 3. The number of H-pyrrole nitrogens is 1. The van der Waals surface area contributed by atoms with Gasteiger partial charge in [-0.1, -0.05) is 38.1 Å². The van der Waals surface area contributed by atoms with Crippen LogP contribution < -0.4 is 0 Å². The number of carbonyl (C=O) groups excluding carboxylic acids is 1. The Morgan fingerprint density at radius 1 is 1.19 bits per heavy atom. The van der Waals surface area contributed by atoms with E-state index in [1.54, 1.807) is 12.5 Å². The lowest BCUT2D eigenvalue weighted by Crippen LogP contribution is -2.45. The summed E-state index contributed by atoms with van der Waals surface area (Å²) in [5.41, 5.74) is 3.65. The number of benzene rings is 1. The second-order valence-electron chi connectivity index (χ2n) is 8.65. The van der Waals surface area contributed by atoms with E-state index in [2.05, 4.69) is 53.0 Å². The number of hydrogen-bond acceptors (Lipinski definition) is 3. The van der Waals surface area contributed by atoms with Gasteiger partial charge in [-0.2, -0.15) is 0 Å². The first-order valence-corrected chi connectivity index (χ1v) is 10.1. The van der Waals surface area contributed by atoms with Crippen LogP contribution in [-0.2, 0) is 6.54 Å². The maximum absolute atomic E-state index is 12.6. The lowest BCUT2D eigenvalue weighted by Gasteiger charge is -2.40. The fourth-order valence-corrected chi connectivity index (χ4v) is 4.70. The molecule has 144 valence electrons. The molecular weight excluding hydrogens is 336 g/mol. The topological polar surface area (TPSA) is 52.2 Å². The molecule has 4 rings (SSSR count). The highest BCUT2D eigenvalue weighted by molar-refractivity contribution is 5.92. The molecule has 1 atom stereocenters. The van der Waals surface area contributed by atoms with Gasteiger partial charge >= 0.3 is 0 Å². The Kier molecular flexibility index (Phi) is 5.04. The molecule has 3 heterocycles. The minimum absolute atomic E-state index is 0.0887. The number of aromatic nitrogens is 2. The van der Waals surface area contributed by atoms with E-state index >= 15 is 0 Å². The summed E-state index contributed by atoms with van der Waals surface area (Å²) >= 11 is 0. The van der Waals surface area contributed by atoms with Crippen LogP contribution in [0.4, 0.5) is 0 Å². The molecule has 0 radical (unpaired) electrons. The summed E-state index contributed by atoms with van der Waals surface area (Å²) in [6.45, 7) is 9.45. The third-order valence-corrected chi connectivity index (χ3v) is 6.25. The molecule has 2 saturated heterocycles. The molecule has 0 aliphatic carbocycles. The first kappa shape index (κ1) is 18.2. The van der Waals surface area contributed by atoms with Gasteiger partial charge in [-0.15, -0.1) is 0 Å². The number of likely N-dealkylation sites (tertiary alicyclic amines) is 2. The van der Waals surface area contributed by atoms with Crippen molar-refractivity contribution in [2.24, 2.45) is 5.41 Å². The summed E-state index contributed by atoms with van der Waals surface area (Å²) in [7, 11) is 0. The van der Waals surface area contributed by atoms with Gasteiger partial charge in [-0.3, -0.25) is 9.69 Å². The summed E-state index contributed by atoms with van der Waals surface area (Å²) in [6.07, 6.45) is 6.75. The van der Waals surface area contributed by atoms with Gasteiger partial charge in [0.1, 0.15) is 5.69 Å². The summed E-state index contributed by atoms with van der Waals surface area (Å²) in [6, 6.07) is 9.08. The molecule has 5 nitrogen and oxygen atoms in total. The minimum Gasteiger partial charge on any atom is -0.341 e. The molecular formula is C22H30N4O. The number of piperidine rings is 1. The Balaban J connectivity index is 1.38. The molecule has 2 aliphatic rings. The molecule has 2 aromatic rings. The number of nitrogens with one attached hydrogen (secondary N) is 1. The summed E-state index contributed by atoms with van der Waals surface area (Å²) in [5, 5.41) is 0. The van der Waals surface area contributed by atoms with Crippen molar-refractivity contribution in [2.45, 2.75) is 45.6 Å². The van der Waals surface area contributed by atoms with Gasteiger partial charge in [0.2, 0.25) is 0 Å². The molecule has 1 N–H and O–H groups in total. The quantitative estimate of drug-likeness (QED) is 0.898. The molecule has 1 amide bonds. The van der Waals surface area contributed by atoms with Crippen molar-refractivity contribution in [3.8, 4) is 0 Å². The largest absolute Gasteiger partial charge is 0.341 e. The zero-order valence-electron chi connectivity index (χ0n) is 16.4. The smallest absolute Gasteiger partial charge is 0.271 e. The first-order chi connectivity index (χ1) is 13.0. The van der Waals surface area contributed by atoms with E-state index in [1.165, 1.54) is 24.0 Å². The second-order valence-corrected chi connectivity index (χ2v) is 8.65. The standard InChI is InChI=1S/C22H30N4O/c1-17(2)19-6-4-18(5-7-19)13-25-10-3-8-22(14-25)9-11-26(15-22)21(27)20-12-23-16-24-20/h4-7,12,16-17H,3,8-11,13-15H2,1-2H3,(H,23,24)/t22-/m1/s1. The highest BCUT2D eigenvalue weighted by Gasteiger charge is 2.43. The number of hydrogen-bond donors (Lipinski definition) is 1. The van der Waals surface area contributed by atoms with Gasteiger partial charge in [-0.25, -0.2) is 4.98 Å². The van der Waals surface area contributed by atoms with E-state index in [-0.39, 0.29) is 11.3 Å². The lowest BCUT2D eigenvalue weighted by atomic mass is 9.79. The summed E-state index contributed by atoms with van der Waals surface area (Å²) in [4.78, 5) is 24.2. The van der Waals surface area contributed by atoms with Crippen molar-refractivity contribution >= 4 is 5.91 Å². The molecule has 1 spiro atoms. The number of carbonyl (C=O) groups is 1. The van der Waals surface area contributed by atoms with Crippen LogP contribution >= 0.6 is 0 Å². The van der Waals surface area contributed by atoms with Crippen molar-refractivity contribution in [1.82, 2.24) is 19.8 Å². The van der Waals surface area contributed by atoms with Crippen molar-refractivity contribution in [2.75, 3.05) is 26.2 Å². The van der Waals surface area contributed by atoms with Crippen LogP contribution in [-0.4, -0.2) is 51.9 Å². The van der Waals surface area contributed by atoms with E-state index < -0.39 is 0 Å². The molecule has 5 heteroatoms. The fraction of sp³-hybridized carbons (Fsp3) is 0.545. The molecule has 1 aromatic heterocycles. The van der Waals surface area contributed by atoms with Gasteiger partial charge in [0.15, 0.2) is 0 Å². The number of rotatable bonds is 4. The lowest BCUT2D eigenvalue weighted by molar-refractivity contribution is 0.0671. The van der Waals surface area contributed by atoms with E-state index in [9.17, 15) is 4.79 Å². The van der Waals surface area contributed by atoms with Gasteiger partial charge in [0, 0.05) is 31.6 Å². The maximum atomic E-state index is 12.6. The summed E-state index contributed by atoms with van der Waals surface area (Å²) in [5.74, 6) is 0.667. The molecule has 1 aromatic carbocycles. The SMILES string of the molecule is CC(C)c1ccc(CN2CCC[C@@]3(CCN(C(=O)c4cnc[nH]4)C3)C2)cc1. The van der Waals surface area contributed by atoms with Gasteiger partial charge in [0.25, 0.3) is 5.91 Å². The van der Waals surface area contributed by atoms with Gasteiger partial charge in [0.05, 0.1) is 12.5 Å². The average molecular weight is 367 g/mol. The first-order valence-electron chi connectivity index (χ1n) is 10.1. The monoisotopic (exact) mass is 366 g/mol. The maximum Gasteiger partial charge on any atom is 0.271 e. The van der Waals surface area contributed by atoms with Crippen LogP contribution in [0.3, 0.4) is 0 Å². The highest BCUT2D eigenvalue weighted by atomic mass is 16.2. The fourth-order valence-electron chi connectivity index (χ4n) is 4.70. The van der Waals surface area contributed by atoms with E-state index in [0.29, 0.717) is 11.6 Å². The predicted octanol–water partition coefficient (Wildman–Crippen LogP) is 3.66. The summed E-state index contributed by atoms with van der Waals surface area (Å²) < 4.78 is 0. The molecule has 0 saturated carbocycles. The highest BCUT2D eigenvalue weighted by Crippen LogP contribution is 2.39. The molecule has 0 unspecified atom stereocenters. The van der Waals surface area contributed by atoms with Gasteiger partial charge in [-0.05, 0) is 42.9 Å². The van der Waals surface area contributed by atoms with E-state index in [4.69, 9.17) is 0 Å².